The van der Waals surface area contributed by atoms with Gasteiger partial charge in [0, 0.05) is 36.8 Å². The number of imidazole rings is 1. The van der Waals surface area contributed by atoms with Gasteiger partial charge in [0.15, 0.2) is 0 Å². The van der Waals surface area contributed by atoms with Crippen LogP contribution in [0.3, 0.4) is 0 Å². The summed E-state index contributed by atoms with van der Waals surface area (Å²) >= 11 is 0. The quantitative estimate of drug-likeness (QED) is 0.742. The van der Waals surface area contributed by atoms with Crippen LogP contribution in [-0.2, 0) is 7.05 Å². The maximum atomic E-state index is 5.77. The summed E-state index contributed by atoms with van der Waals surface area (Å²) in [5.74, 6) is 0.656. The average molecular weight is 239 g/mol. The normalized spacial score (nSPS) is 10.7. The molecule has 90 valence electrons. The van der Waals surface area contributed by atoms with Gasteiger partial charge in [-0.1, -0.05) is 12.1 Å². The molecule has 0 aliphatic carbocycles. The third-order valence-corrected chi connectivity index (χ3v) is 2.88. The standard InChI is InChI=1S/C13H13N5/c1-17-13(14)8-12(16-17)10-2-4-11(5-3-10)18-7-6-15-9-18/h2-9H,14H2,1H3. The molecule has 0 radical (unpaired) electrons. The van der Waals surface area contributed by atoms with Crippen LogP contribution < -0.4 is 5.73 Å². The number of nitrogens with two attached hydrogens (primary N) is 1. The van der Waals surface area contributed by atoms with Crippen LogP contribution in [0, 0.1) is 0 Å². The van der Waals surface area contributed by atoms with E-state index in [2.05, 4.69) is 10.1 Å². The molecule has 18 heavy (non-hydrogen) atoms. The lowest BCUT2D eigenvalue weighted by Crippen LogP contribution is -1.96. The van der Waals surface area contributed by atoms with Gasteiger partial charge in [0.05, 0.1) is 12.0 Å². The number of aromatic nitrogens is 4. The fraction of sp³-hybridized carbons (Fsp3) is 0.0769. The molecule has 5 nitrogen and oxygen atoms in total. The molecule has 0 amide bonds. The zero-order chi connectivity index (χ0) is 12.5. The maximum absolute atomic E-state index is 5.77. The van der Waals surface area contributed by atoms with Gasteiger partial charge < -0.3 is 10.3 Å². The Bertz CT molecular complexity index is 630. The SMILES string of the molecule is Cn1nc(-c2ccc(-n3ccnc3)cc2)cc1N. The summed E-state index contributed by atoms with van der Waals surface area (Å²) in [7, 11) is 1.83. The second-order valence-corrected chi connectivity index (χ2v) is 4.09. The van der Waals surface area contributed by atoms with Gasteiger partial charge in [-0.15, -0.1) is 0 Å². The molecule has 3 aromatic rings. The van der Waals surface area contributed by atoms with Crippen LogP contribution in [0.2, 0.25) is 0 Å². The number of hydrogen-bond donors (Lipinski definition) is 1. The fourth-order valence-corrected chi connectivity index (χ4v) is 1.84. The van der Waals surface area contributed by atoms with Gasteiger partial charge in [-0.2, -0.15) is 5.10 Å². The van der Waals surface area contributed by atoms with Crippen molar-refractivity contribution in [1.82, 2.24) is 19.3 Å². The summed E-state index contributed by atoms with van der Waals surface area (Å²) in [6.45, 7) is 0. The van der Waals surface area contributed by atoms with E-state index in [4.69, 9.17) is 5.73 Å². The largest absolute Gasteiger partial charge is 0.384 e. The third kappa shape index (κ3) is 1.75. The molecule has 0 atom stereocenters. The van der Waals surface area contributed by atoms with Crippen LogP contribution in [0.1, 0.15) is 0 Å². The summed E-state index contributed by atoms with van der Waals surface area (Å²) in [4.78, 5) is 4.02. The van der Waals surface area contributed by atoms with E-state index in [1.807, 2.05) is 48.1 Å². The van der Waals surface area contributed by atoms with E-state index in [9.17, 15) is 0 Å². The van der Waals surface area contributed by atoms with Gasteiger partial charge in [-0.3, -0.25) is 4.68 Å². The number of anilines is 1. The van der Waals surface area contributed by atoms with Crippen LogP contribution in [0.4, 0.5) is 5.82 Å². The molecule has 0 unspecified atom stereocenters. The molecule has 2 heterocycles. The van der Waals surface area contributed by atoms with Gasteiger partial charge in [-0.25, -0.2) is 4.98 Å². The summed E-state index contributed by atoms with van der Waals surface area (Å²) in [6, 6.07) is 9.98. The van der Waals surface area contributed by atoms with Crippen molar-refractivity contribution >= 4 is 5.82 Å². The first kappa shape index (κ1) is 10.6. The fourth-order valence-electron chi connectivity index (χ4n) is 1.84. The number of nitrogens with zero attached hydrogens (tertiary/aromatic N) is 4. The Kier molecular flexibility index (Phi) is 2.37. The number of benzene rings is 1. The first-order valence-corrected chi connectivity index (χ1v) is 5.62. The van der Waals surface area contributed by atoms with Crippen LogP contribution in [0.15, 0.2) is 49.1 Å². The predicted molar refractivity (Wildman–Crippen MR) is 70.2 cm³/mol. The molecule has 0 bridgehead atoms. The third-order valence-electron chi connectivity index (χ3n) is 2.88. The highest BCUT2D eigenvalue weighted by Gasteiger charge is 2.04. The Labute approximate surface area is 104 Å². The number of hydrogen-bond acceptors (Lipinski definition) is 3. The lowest BCUT2D eigenvalue weighted by Gasteiger charge is -2.02. The lowest BCUT2D eigenvalue weighted by molar-refractivity contribution is 0.782. The molecule has 0 aliphatic heterocycles. The Morgan fingerprint density at radius 3 is 2.50 bits per heavy atom. The van der Waals surface area contributed by atoms with Gasteiger partial charge in [0.25, 0.3) is 0 Å². The van der Waals surface area contributed by atoms with Crippen molar-refractivity contribution in [1.29, 1.82) is 0 Å². The summed E-state index contributed by atoms with van der Waals surface area (Å²) in [5.41, 5.74) is 8.77. The molecule has 0 spiro atoms. The maximum Gasteiger partial charge on any atom is 0.121 e. The minimum Gasteiger partial charge on any atom is -0.384 e. The molecule has 3 rings (SSSR count). The molecule has 0 saturated heterocycles. The molecule has 1 aromatic carbocycles. The van der Waals surface area contributed by atoms with Crippen LogP contribution in [0.25, 0.3) is 16.9 Å². The Hall–Kier alpha value is -2.56. The first-order chi connectivity index (χ1) is 8.74. The van der Waals surface area contributed by atoms with E-state index in [0.717, 1.165) is 16.9 Å². The molecular weight excluding hydrogens is 226 g/mol. The van der Waals surface area contributed by atoms with Crippen LogP contribution in [0.5, 0.6) is 0 Å². The zero-order valence-electron chi connectivity index (χ0n) is 9.99. The van der Waals surface area contributed by atoms with Crippen molar-refractivity contribution in [2.75, 3.05) is 5.73 Å². The minimum atomic E-state index is 0.656. The van der Waals surface area contributed by atoms with E-state index >= 15 is 0 Å². The summed E-state index contributed by atoms with van der Waals surface area (Å²) in [5, 5.41) is 4.35. The summed E-state index contributed by atoms with van der Waals surface area (Å²) in [6.07, 6.45) is 5.44. The van der Waals surface area contributed by atoms with E-state index in [-0.39, 0.29) is 0 Å². The second-order valence-electron chi connectivity index (χ2n) is 4.09. The van der Waals surface area contributed by atoms with Gasteiger partial charge in [0.2, 0.25) is 0 Å². The monoisotopic (exact) mass is 239 g/mol. The van der Waals surface area contributed by atoms with Gasteiger partial charge in [-0.05, 0) is 12.1 Å². The molecule has 0 saturated carbocycles. The van der Waals surface area contributed by atoms with E-state index < -0.39 is 0 Å². The van der Waals surface area contributed by atoms with Crippen LogP contribution >= 0.6 is 0 Å². The van der Waals surface area contributed by atoms with Crippen molar-refractivity contribution in [3.63, 3.8) is 0 Å². The zero-order valence-corrected chi connectivity index (χ0v) is 9.99. The smallest absolute Gasteiger partial charge is 0.121 e. The van der Waals surface area contributed by atoms with Gasteiger partial charge >= 0.3 is 0 Å². The molecular formula is C13H13N5. The highest BCUT2D eigenvalue weighted by Crippen LogP contribution is 2.21. The lowest BCUT2D eigenvalue weighted by atomic mass is 10.1. The van der Waals surface area contributed by atoms with E-state index in [1.54, 1.807) is 17.2 Å². The number of rotatable bonds is 2. The Morgan fingerprint density at radius 2 is 1.94 bits per heavy atom. The van der Waals surface area contributed by atoms with Crippen molar-refractivity contribution in [2.45, 2.75) is 0 Å². The highest BCUT2D eigenvalue weighted by atomic mass is 15.3. The molecule has 5 heteroatoms. The second kappa shape index (κ2) is 4.03. The molecule has 2 N–H and O–H groups in total. The van der Waals surface area contributed by atoms with E-state index in [0.29, 0.717) is 5.82 Å². The molecule has 2 aromatic heterocycles. The molecule has 0 fully saturated rings. The highest BCUT2D eigenvalue weighted by molar-refractivity contribution is 5.63. The number of nitrogen functional groups attached to an aromatic ring is 1. The Balaban J connectivity index is 1.96. The van der Waals surface area contributed by atoms with Crippen LogP contribution in [-0.4, -0.2) is 19.3 Å². The van der Waals surface area contributed by atoms with Crippen molar-refractivity contribution in [3.05, 3.63) is 49.1 Å². The molecule has 0 aliphatic rings. The minimum absolute atomic E-state index is 0.656. The summed E-state index contributed by atoms with van der Waals surface area (Å²) < 4.78 is 3.62. The van der Waals surface area contributed by atoms with Gasteiger partial charge in [0.1, 0.15) is 5.82 Å². The van der Waals surface area contributed by atoms with Crippen molar-refractivity contribution in [2.24, 2.45) is 7.05 Å². The van der Waals surface area contributed by atoms with E-state index in [1.165, 1.54) is 0 Å². The average Bonchev–Trinajstić information content (AvgIpc) is 3.01. The Morgan fingerprint density at radius 1 is 1.17 bits per heavy atom. The van der Waals surface area contributed by atoms with Crippen molar-refractivity contribution in [3.8, 4) is 16.9 Å². The topological polar surface area (TPSA) is 61.7 Å². The predicted octanol–water partition coefficient (Wildman–Crippen LogP) is 1.85. The first-order valence-electron chi connectivity index (χ1n) is 5.62. The number of aryl methyl sites for hydroxylation is 1. The van der Waals surface area contributed by atoms with Crippen molar-refractivity contribution < 1.29 is 0 Å².